The molecule has 0 spiro atoms. The van der Waals surface area contributed by atoms with E-state index in [1.165, 1.54) is 38.8 Å². The topological polar surface area (TPSA) is 54.7 Å². The second kappa shape index (κ2) is 9.20. The average Bonchev–Trinajstić information content (AvgIpc) is 3.00. The van der Waals surface area contributed by atoms with E-state index in [2.05, 4.69) is 16.0 Å². The third-order valence-corrected chi connectivity index (χ3v) is 6.39. The number of ether oxygens (including phenoxy) is 1. The third-order valence-electron chi connectivity index (χ3n) is 6.06. The number of hydrogen-bond donors (Lipinski definition) is 2. The predicted molar refractivity (Wildman–Crippen MR) is 115 cm³/mol. The molecule has 1 aromatic carbocycles. The Hall–Kier alpha value is -1.70. The van der Waals surface area contributed by atoms with Gasteiger partial charge in [0.2, 0.25) is 0 Å². The zero-order valence-electron chi connectivity index (χ0n) is 16.5. The highest BCUT2D eigenvalue weighted by Crippen LogP contribution is 2.20. The van der Waals surface area contributed by atoms with Gasteiger partial charge in [0.15, 0.2) is 4.77 Å². The molecule has 2 fully saturated rings. The lowest BCUT2D eigenvalue weighted by Crippen LogP contribution is -3.11. The molecule has 0 radical (unpaired) electrons. The van der Waals surface area contributed by atoms with Crippen LogP contribution in [-0.2, 0) is 11.3 Å². The number of fused-ring (bicyclic) bond motifs is 1. The van der Waals surface area contributed by atoms with Crippen molar-refractivity contribution in [2.24, 2.45) is 0 Å². The Morgan fingerprint density at radius 3 is 2.61 bits per heavy atom. The minimum absolute atomic E-state index is 0.0275. The lowest BCUT2D eigenvalue weighted by molar-refractivity contribution is -0.899. The number of hydrogen-bond acceptors (Lipinski definition) is 4. The number of nitrogens with zero attached hydrogens (tertiary/aromatic N) is 2. The van der Waals surface area contributed by atoms with Crippen molar-refractivity contribution in [3.05, 3.63) is 33.3 Å². The predicted octanol–water partition coefficient (Wildman–Crippen LogP) is 1.74. The minimum Gasteiger partial charge on any atom is -0.378 e. The van der Waals surface area contributed by atoms with Crippen molar-refractivity contribution in [3.63, 3.8) is 0 Å². The first-order valence-corrected chi connectivity index (χ1v) is 11.1. The van der Waals surface area contributed by atoms with Crippen LogP contribution in [0, 0.1) is 4.77 Å². The van der Waals surface area contributed by atoms with Gasteiger partial charge in [-0.1, -0.05) is 0 Å². The van der Waals surface area contributed by atoms with Gasteiger partial charge in [-0.3, -0.25) is 9.36 Å². The Morgan fingerprint density at radius 2 is 1.86 bits per heavy atom. The number of rotatable bonds is 5. The molecule has 152 valence electrons. The Bertz CT molecular complexity index is 909. The summed E-state index contributed by atoms with van der Waals surface area (Å²) < 4.78 is 7.72. The lowest BCUT2D eigenvalue weighted by Gasteiger charge is -2.29. The molecule has 0 atom stereocenters. The van der Waals surface area contributed by atoms with Gasteiger partial charge in [-0.05, 0) is 56.1 Å². The molecule has 7 heteroatoms. The van der Waals surface area contributed by atoms with Gasteiger partial charge in [-0.15, -0.1) is 0 Å². The van der Waals surface area contributed by atoms with Crippen molar-refractivity contribution >= 4 is 28.8 Å². The quantitative estimate of drug-likeness (QED) is 0.747. The largest absolute Gasteiger partial charge is 0.378 e. The summed E-state index contributed by atoms with van der Waals surface area (Å²) in [5.41, 5.74) is 1.93. The molecule has 6 nitrogen and oxygen atoms in total. The second-order valence-corrected chi connectivity index (χ2v) is 8.37. The monoisotopic (exact) mass is 403 g/mol. The summed E-state index contributed by atoms with van der Waals surface area (Å²) in [4.78, 5) is 20.4. The molecule has 0 bridgehead atoms. The van der Waals surface area contributed by atoms with Gasteiger partial charge < -0.3 is 19.5 Å². The van der Waals surface area contributed by atoms with Crippen molar-refractivity contribution in [2.45, 2.75) is 38.6 Å². The van der Waals surface area contributed by atoms with Gasteiger partial charge in [0.1, 0.15) is 0 Å². The van der Waals surface area contributed by atoms with Crippen molar-refractivity contribution in [2.75, 3.05) is 50.8 Å². The molecular formula is C21H31N4O2S+. The first kappa shape index (κ1) is 19.6. The Labute approximate surface area is 171 Å². The number of anilines is 1. The van der Waals surface area contributed by atoms with E-state index in [-0.39, 0.29) is 5.56 Å². The SMILES string of the molecule is O=c1c2cc(N3CCOCC3)ccc2[nH]c(=S)n1CCC[NH+]1CCCCCC1. The van der Waals surface area contributed by atoms with Crippen LogP contribution in [0.15, 0.2) is 23.0 Å². The fraction of sp³-hybridized carbons (Fsp3) is 0.619. The highest BCUT2D eigenvalue weighted by molar-refractivity contribution is 7.71. The van der Waals surface area contributed by atoms with Gasteiger partial charge in [0, 0.05) is 31.7 Å². The number of morpholine rings is 1. The van der Waals surface area contributed by atoms with E-state index in [9.17, 15) is 4.79 Å². The highest BCUT2D eigenvalue weighted by Gasteiger charge is 2.15. The van der Waals surface area contributed by atoms with Crippen LogP contribution in [0.25, 0.3) is 10.9 Å². The molecule has 2 aliphatic rings. The standard InChI is InChI=1S/C21H30N4O2S/c26-20-18-16-17(24-12-14-27-15-13-24)6-7-19(18)22-21(28)25(20)11-5-10-23-8-3-1-2-4-9-23/h6-7,16H,1-5,8-15H2,(H,22,28)/p+1. The fourth-order valence-electron chi connectivity index (χ4n) is 4.43. The Morgan fingerprint density at radius 1 is 1.11 bits per heavy atom. The van der Waals surface area contributed by atoms with E-state index in [0.29, 0.717) is 11.3 Å². The molecule has 1 aromatic heterocycles. The summed E-state index contributed by atoms with van der Waals surface area (Å²) in [7, 11) is 0. The molecule has 0 saturated carbocycles. The lowest BCUT2D eigenvalue weighted by atomic mass is 10.2. The third kappa shape index (κ3) is 4.47. The number of H-pyrrole nitrogens is 1. The van der Waals surface area contributed by atoms with E-state index in [1.807, 2.05) is 12.1 Å². The normalized spacial score (nSPS) is 19.1. The van der Waals surface area contributed by atoms with Crippen LogP contribution in [0.4, 0.5) is 5.69 Å². The first-order chi connectivity index (χ1) is 13.7. The fourth-order valence-corrected chi connectivity index (χ4v) is 4.71. The smallest absolute Gasteiger partial charge is 0.262 e. The van der Waals surface area contributed by atoms with E-state index in [0.717, 1.165) is 55.9 Å². The van der Waals surface area contributed by atoms with Crippen LogP contribution in [-0.4, -0.2) is 55.5 Å². The Balaban J connectivity index is 1.52. The minimum atomic E-state index is 0.0275. The average molecular weight is 404 g/mol. The highest BCUT2D eigenvalue weighted by atomic mass is 32.1. The summed E-state index contributed by atoms with van der Waals surface area (Å²) >= 11 is 5.49. The molecule has 0 unspecified atom stereocenters. The molecule has 2 saturated heterocycles. The molecule has 3 heterocycles. The number of aromatic amines is 1. The van der Waals surface area contributed by atoms with Crippen molar-refractivity contribution < 1.29 is 9.64 Å². The van der Waals surface area contributed by atoms with E-state index in [1.54, 1.807) is 9.47 Å². The molecule has 0 amide bonds. The summed E-state index contributed by atoms with van der Waals surface area (Å²) in [6.45, 7) is 7.53. The molecule has 0 aliphatic carbocycles. The van der Waals surface area contributed by atoms with E-state index in [4.69, 9.17) is 17.0 Å². The number of aromatic nitrogens is 2. The summed E-state index contributed by atoms with van der Waals surface area (Å²) in [6, 6.07) is 6.04. The maximum atomic E-state index is 13.1. The number of likely N-dealkylation sites (tertiary alicyclic amines) is 1. The molecule has 2 N–H and O–H groups in total. The summed E-state index contributed by atoms with van der Waals surface area (Å²) in [5, 5.41) is 0.722. The maximum absolute atomic E-state index is 13.1. The van der Waals surface area contributed by atoms with Crippen molar-refractivity contribution in [1.82, 2.24) is 9.55 Å². The molecule has 2 aromatic rings. The summed E-state index contributed by atoms with van der Waals surface area (Å²) in [5.74, 6) is 0. The van der Waals surface area contributed by atoms with Gasteiger partial charge >= 0.3 is 0 Å². The number of benzene rings is 1. The maximum Gasteiger partial charge on any atom is 0.262 e. The van der Waals surface area contributed by atoms with Crippen molar-refractivity contribution in [3.8, 4) is 0 Å². The van der Waals surface area contributed by atoms with Crippen LogP contribution >= 0.6 is 12.2 Å². The van der Waals surface area contributed by atoms with Crippen LogP contribution in [0.2, 0.25) is 0 Å². The molecule has 4 rings (SSSR count). The van der Waals surface area contributed by atoms with Crippen LogP contribution in [0.3, 0.4) is 0 Å². The van der Waals surface area contributed by atoms with Crippen LogP contribution in [0.1, 0.15) is 32.1 Å². The van der Waals surface area contributed by atoms with E-state index < -0.39 is 0 Å². The van der Waals surface area contributed by atoms with Crippen molar-refractivity contribution in [1.29, 1.82) is 0 Å². The van der Waals surface area contributed by atoms with Gasteiger partial charge in [-0.25, -0.2) is 0 Å². The van der Waals surface area contributed by atoms with Crippen LogP contribution < -0.4 is 15.4 Å². The zero-order chi connectivity index (χ0) is 19.3. The Kier molecular flexibility index (Phi) is 6.44. The molecular weight excluding hydrogens is 372 g/mol. The summed E-state index contributed by atoms with van der Waals surface area (Å²) in [6.07, 6.45) is 6.38. The zero-order valence-corrected chi connectivity index (χ0v) is 17.4. The number of quaternary nitrogens is 1. The molecule has 28 heavy (non-hydrogen) atoms. The van der Waals surface area contributed by atoms with E-state index >= 15 is 0 Å². The number of nitrogens with one attached hydrogen (secondary N) is 2. The van der Waals surface area contributed by atoms with Gasteiger partial charge in [-0.2, -0.15) is 0 Å². The molecule has 2 aliphatic heterocycles. The first-order valence-electron chi connectivity index (χ1n) is 10.7. The van der Waals surface area contributed by atoms with Gasteiger partial charge in [0.05, 0.1) is 43.8 Å². The second-order valence-electron chi connectivity index (χ2n) is 7.98. The van der Waals surface area contributed by atoms with Crippen LogP contribution in [0.5, 0.6) is 0 Å². The van der Waals surface area contributed by atoms with Gasteiger partial charge in [0.25, 0.3) is 5.56 Å².